The summed E-state index contributed by atoms with van der Waals surface area (Å²) in [7, 11) is 0. The van der Waals surface area contributed by atoms with Crippen molar-refractivity contribution in [2.24, 2.45) is 0 Å². The smallest absolute Gasteiger partial charge is 0.335 e. The number of hydrogen-bond acceptors (Lipinski definition) is 3. The molecule has 128 valence electrons. The van der Waals surface area contributed by atoms with Gasteiger partial charge in [-0.1, -0.05) is 18.2 Å². The van der Waals surface area contributed by atoms with Gasteiger partial charge < -0.3 is 5.11 Å². The maximum absolute atomic E-state index is 13.1. The topological polar surface area (TPSA) is 88.0 Å². The predicted molar refractivity (Wildman–Crippen MR) is 98.1 cm³/mol. The van der Waals surface area contributed by atoms with Gasteiger partial charge in [0.15, 0.2) is 0 Å². The van der Waals surface area contributed by atoms with E-state index in [0.29, 0.717) is 17.0 Å². The van der Waals surface area contributed by atoms with Gasteiger partial charge in [-0.25, -0.2) is 9.48 Å². The van der Waals surface area contributed by atoms with Gasteiger partial charge in [-0.15, -0.1) is 0 Å². The van der Waals surface area contributed by atoms with E-state index in [1.807, 2.05) is 24.3 Å². The Kier molecular flexibility index (Phi) is 3.03. The molecular formula is C20H15N3O3. The first-order chi connectivity index (χ1) is 12.6. The van der Waals surface area contributed by atoms with Gasteiger partial charge in [0.25, 0.3) is 5.56 Å². The molecule has 1 aliphatic rings. The second kappa shape index (κ2) is 5.29. The normalized spacial score (nSPS) is 14.2. The van der Waals surface area contributed by atoms with E-state index in [2.05, 4.69) is 5.10 Å². The summed E-state index contributed by atoms with van der Waals surface area (Å²) in [6.45, 7) is 0. The van der Waals surface area contributed by atoms with Crippen molar-refractivity contribution in [2.45, 2.75) is 18.8 Å². The third kappa shape index (κ3) is 2.15. The Morgan fingerprint density at radius 3 is 2.54 bits per heavy atom. The third-order valence-electron chi connectivity index (χ3n) is 4.90. The molecule has 0 atom stereocenters. The zero-order valence-electron chi connectivity index (χ0n) is 13.8. The number of fused-ring (bicyclic) bond motifs is 3. The molecule has 0 radical (unpaired) electrons. The van der Waals surface area contributed by atoms with Gasteiger partial charge in [0.1, 0.15) is 0 Å². The number of aromatic carboxylic acids is 1. The van der Waals surface area contributed by atoms with E-state index >= 15 is 0 Å². The predicted octanol–water partition coefficient (Wildman–Crippen LogP) is 3.44. The van der Waals surface area contributed by atoms with Crippen molar-refractivity contribution in [3.63, 3.8) is 0 Å². The summed E-state index contributed by atoms with van der Waals surface area (Å²) >= 11 is 0. The average Bonchev–Trinajstić information content (AvgIpc) is 3.45. The Morgan fingerprint density at radius 2 is 1.85 bits per heavy atom. The molecule has 0 unspecified atom stereocenters. The van der Waals surface area contributed by atoms with Crippen LogP contribution in [0, 0.1) is 0 Å². The van der Waals surface area contributed by atoms with Crippen LogP contribution in [0.5, 0.6) is 0 Å². The highest BCUT2D eigenvalue weighted by molar-refractivity contribution is 6.04. The molecule has 4 aromatic rings. The molecule has 5 rings (SSSR count). The van der Waals surface area contributed by atoms with Gasteiger partial charge in [0.05, 0.1) is 33.4 Å². The van der Waals surface area contributed by atoms with Gasteiger partial charge in [0, 0.05) is 11.3 Å². The van der Waals surface area contributed by atoms with Gasteiger partial charge in [-0.2, -0.15) is 0 Å². The van der Waals surface area contributed by atoms with E-state index in [9.17, 15) is 9.59 Å². The maximum atomic E-state index is 13.1. The van der Waals surface area contributed by atoms with Crippen LogP contribution in [0.15, 0.2) is 53.3 Å². The van der Waals surface area contributed by atoms with Gasteiger partial charge in [-0.3, -0.25) is 14.9 Å². The second-order valence-electron chi connectivity index (χ2n) is 6.64. The fraction of sp³-hybridized carbons (Fsp3) is 0.150. The number of carboxylic acid groups (broad SMARTS) is 1. The Morgan fingerprint density at radius 1 is 1.12 bits per heavy atom. The van der Waals surface area contributed by atoms with Crippen LogP contribution in [-0.4, -0.2) is 25.8 Å². The molecule has 0 bridgehead atoms. The Bertz CT molecular complexity index is 1230. The molecular weight excluding hydrogens is 330 g/mol. The Hall–Kier alpha value is -3.41. The van der Waals surface area contributed by atoms with Crippen molar-refractivity contribution in [2.75, 3.05) is 0 Å². The van der Waals surface area contributed by atoms with E-state index in [-0.39, 0.29) is 11.1 Å². The largest absolute Gasteiger partial charge is 0.478 e. The molecule has 6 heteroatoms. The molecule has 0 amide bonds. The third-order valence-corrected chi connectivity index (χ3v) is 4.90. The Balaban J connectivity index is 1.81. The standard InChI is InChI=1S/C20H15N3O3/c24-19-16-17(11-5-6-11)21-15-4-2-1-3-14(15)18(16)22-23(19)13-9-7-12(8-10-13)20(25)26/h1-4,7-11,22H,5-6H2,(H,25,26). The summed E-state index contributed by atoms with van der Waals surface area (Å²) in [5.41, 5.74) is 3.15. The summed E-state index contributed by atoms with van der Waals surface area (Å²) in [6.07, 6.45) is 2.11. The molecule has 1 saturated carbocycles. The number of aromatic nitrogens is 3. The lowest BCUT2D eigenvalue weighted by Gasteiger charge is -2.03. The number of H-pyrrole nitrogens is 1. The monoisotopic (exact) mass is 345 g/mol. The summed E-state index contributed by atoms with van der Waals surface area (Å²) in [6, 6.07) is 14.0. The first-order valence-corrected chi connectivity index (χ1v) is 8.50. The number of aromatic amines is 1. The number of nitrogens with zero attached hydrogens (tertiary/aromatic N) is 2. The SMILES string of the molecule is O=C(O)c1ccc(-n2[nH]c3c(c(C4CC4)nc4ccccc43)c2=O)cc1. The zero-order chi connectivity index (χ0) is 17.8. The minimum absolute atomic E-state index is 0.150. The van der Waals surface area contributed by atoms with Gasteiger partial charge in [-0.05, 0) is 43.2 Å². The number of para-hydroxylation sites is 1. The van der Waals surface area contributed by atoms with Crippen LogP contribution >= 0.6 is 0 Å². The number of carbonyl (C=O) groups is 1. The van der Waals surface area contributed by atoms with Crippen molar-refractivity contribution in [1.82, 2.24) is 14.8 Å². The van der Waals surface area contributed by atoms with Crippen LogP contribution in [0.2, 0.25) is 0 Å². The van der Waals surface area contributed by atoms with Crippen molar-refractivity contribution in [3.05, 3.63) is 70.1 Å². The Labute approximate surface area is 147 Å². The van der Waals surface area contributed by atoms with Crippen LogP contribution in [0.25, 0.3) is 27.5 Å². The first-order valence-electron chi connectivity index (χ1n) is 8.50. The summed E-state index contributed by atoms with van der Waals surface area (Å²) in [5.74, 6) is -0.653. The van der Waals surface area contributed by atoms with E-state index in [0.717, 1.165) is 35.0 Å². The molecule has 1 aliphatic carbocycles. The van der Waals surface area contributed by atoms with Crippen molar-refractivity contribution < 1.29 is 9.90 Å². The minimum Gasteiger partial charge on any atom is -0.478 e. The first kappa shape index (κ1) is 14.9. The molecule has 2 aromatic carbocycles. The van der Waals surface area contributed by atoms with Gasteiger partial charge >= 0.3 is 5.97 Å². The number of nitrogens with one attached hydrogen (secondary N) is 1. The lowest BCUT2D eigenvalue weighted by atomic mass is 10.1. The number of hydrogen-bond donors (Lipinski definition) is 2. The van der Waals surface area contributed by atoms with E-state index in [1.54, 1.807) is 12.1 Å². The van der Waals surface area contributed by atoms with E-state index in [4.69, 9.17) is 10.1 Å². The summed E-state index contributed by atoms with van der Waals surface area (Å²) in [4.78, 5) is 28.9. The number of rotatable bonds is 3. The molecule has 0 saturated heterocycles. The molecule has 26 heavy (non-hydrogen) atoms. The highest BCUT2D eigenvalue weighted by atomic mass is 16.4. The van der Waals surface area contributed by atoms with Crippen molar-refractivity contribution in [3.8, 4) is 5.69 Å². The highest BCUT2D eigenvalue weighted by Crippen LogP contribution is 2.42. The second-order valence-corrected chi connectivity index (χ2v) is 6.64. The fourth-order valence-electron chi connectivity index (χ4n) is 3.43. The van der Waals surface area contributed by atoms with Crippen LogP contribution in [0.1, 0.15) is 34.8 Å². The fourth-order valence-corrected chi connectivity index (χ4v) is 3.43. The average molecular weight is 345 g/mol. The summed E-state index contributed by atoms with van der Waals surface area (Å²) in [5, 5.41) is 13.8. The molecule has 6 nitrogen and oxygen atoms in total. The van der Waals surface area contributed by atoms with Crippen LogP contribution < -0.4 is 5.56 Å². The van der Waals surface area contributed by atoms with Crippen LogP contribution in [-0.2, 0) is 0 Å². The number of pyridine rings is 1. The number of carboxylic acids is 1. The quantitative estimate of drug-likeness (QED) is 0.595. The van der Waals surface area contributed by atoms with E-state index < -0.39 is 5.97 Å². The molecule has 2 aromatic heterocycles. The highest BCUT2D eigenvalue weighted by Gasteiger charge is 2.30. The van der Waals surface area contributed by atoms with Crippen molar-refractivity contribution >= 4 is 27.8 Å². The van der Waals surface area contributed by atoms with Crippen molar-refractivity contribution in [1.29, 1.82) is 0 Å². The number of benzene rings is 2. The van der Waals surface area contributed by atoms with Crippen LogP contribution in [0.3, 0.4) is 0 Å². The molecule has 2 N–H and O–H groups in total. The lowest BCUT2D eigenvalue weighted by Crippen LogP contribution is -2.15. The molecule has 1 fully saturated rings. The lowest BCUT2D eigenvalue weighted by molar-refractivity contribution is 0.0697. The zero-order valence-corrected chi connectivity index (χ0v) is 13.8. The molecule has 2 heterocycles. The maximum Gasteiger partial charge on any atom is 0.335 e. The molecule has 0 aliphatic heterocycles. The van der Waals surface area contributed by atoms with Crippen LogP contribution in [0.4, 0.5) is 0 Å². The minimum atomic E-state index is -0.994. The van der Waals surface area contributed by atoms with E-state index in [1.165, 1.54) is 16.8 Å². The summed E-state index contributed by atoms with van der Waals surface area (Å²) < 4.78 is 1.47. The molecule has 0 spiro atoms. The van der Waals surface area contributed by atoms with Gasteiger partial charge in [0.2, 0.25) is 0 Å².